The molecule has 1 aliphatic carbocycles. The first-order chi connectivity index (χ1) is 41.1. The van der Waals surface area contributed by atoms with Crippen LogP contribution in [0.15, 0.2) is 218 Å². The smallest absolute Gasteiger partial charge is 0.0541 e. The van der Waals surface area contributed by atoms with Gasteiger partial charge < -0.3 is 9.47 Å². The van der Waals surface area contributed by atoms with Crippen molar-refractivity contribution in [3.05, 3.63) is 252 Å². The summed E-state index contributed by atoms with van der Waals surface area (Å²) in [6, 6.07) is 83.8. The topological polar surface area (TPSA) is 8.17 Å². The van der Waals surface area contributed by atoms with Gasteiger partial charge in [-0.2, -0.15) is 0 Å². The zero-order chi connectivity index (χ0) is 57.4. The van der Waals surface area contributed by atoms with Crippen LogP contribution < -0.4 is 4.90 Å². The summed E-state index contributed by atoms with van der Waals surface area (Å²) in [6.07, 6.45) is 17.9. The van der Waals surface area contributed by atoms with Gasteiger partial charge in [0.1, 0.15) is 0 Å². The Kier molecular flexibility index (Phi) is 15.4. The fraction of sp³-hybridized carbons (Fsp3) is 0.268. The Balaban J connectivity index is 0.895. The summed E-state index contributed by atoms with van der Waals surface area (Å²) in [5.41, 5.74) is 28.3. The van der Waals surface area contributed by atoms with Gasteiger partial charge in [-0.3, -0.25) is 0 Å². The van der Waals surface area contributed by atoms with Crippen LogP contribution in [0.25, 0.3) is 83.1 Å². The summed E-state index contributed by atoms with van der Waals surface area (Å²) in [4.78, 5) is 2.56. The highest BCUT2D eigenvalue weighted by molar-refractivity contribution is 6.10. The maximum Gasteiger partial charge on any atom is 0.0541 e. The quantitative estimate of drug-likeness (QED) is 0.0691. The van der Waals surface area contributed by atoms with Crippen LogP contribution in [0.1, 0.15) is 151 Å². The highest BCUT2D eigenvalue weighted by atomic mass is 15.2. The zero-order valence-electron chi connectivity index (χ0n) is 50.6. The second-order valence-electron chi connectivity index (χ2n) is 25.3. The Morgan fingerprint density at radius 3 is 1.49 bits per heavy atom. The van der Waals surface area contributed by atoms with Crippen molar-refractivity contribution >= 4 is 38.9 Å². The van der Waals surface area contributed by atoms with Crippen molar-refractivity contribution < 1.29 is 0 Å². The molecule has 84 heavy (non-hydrogen) atoms. The van der Waals surface area contributed by atoms with Crippen LogP contribution in [0.2, 0.25) is 0 Å². The van der Waals surface area contributed by atoms with Crippen molar-refractivity contribution in [2.75, 3.05) is 4.90 Å². The lowest BCUT2D eigenvalue weighted by molar-refractivity contribution is 0.398. The molecule has 420 valence electrons. The van der Waals surface area contributed by atoms with E-state index in [0.717, 1.165) is 0 Å². The van der Waals surface area contributed by atoms with Gasteiger partial charge in [-0.05, 0) is 183 Å². The van der Waals surface area contributed by atoms with E-state index in [1.54, 1.807) is 5.56 Å². The zero-order valence-corrected chi connectivity index (χ0v) is 50.6. The van der Waals surface area contributed by atoms with Gasteiger partial charge in [0.15, 0.2) is 0 Å². The molecule has 0 unspecified atom stereocenters. The van der Waals surface area contributed by atoms with E-state index >= 15 is 0 Å². The first kappa shape index (κ1) is 55.0. The number of para-hydroxylation sites is 3. The number of fused-ring (bicyclic) bond motifs is 8. The molecule has 1 aromatic heterocycles. The van der Waals surface area contributed by atoms with Crippen LogP contribution in [0, 0.1) is 13.8 Å². The van der Waals surface area contributed by atoms with E-state index in [1.165, 1.54) is 218 Å². The Bertz CT molecular complexity index is 4140. The SMILES string of the molecule is CCCCCCCCC1(CCCCCCCC)c2cc(-c3ccc(-c4ccc(C)cc4)cc3)ccc2-c2ccc(-c3cc(C)cc(N4c5ccccc5C(C)(C)c5cc(-c6ccc7c(c6)c6ccccc6n7-c6ccccc6)ccc54)c3)cc21. The Hall–Kier alpha value is -8.20. The molecule has 0 bridgehead atoms. The lowest BCUT2D eigenvalue weighted by Gasteiger charge is -2.42. The van der Waals surface area contributed by atoms with E-state index < -0.39 is 0 Å². The lowest BCUT2D eigenvalue weighted by atomic mass is 9.70. The molecule has 0 saturated carbocycles. The fourth-order valence-corrected chi connectivity index (χ4v) is 14.8. The number of unbranched alkanes of at least 4 members (excludes halogenated alkanes) is 10. The molecule has 0 spiro atoms. The third-order valence-electron chi connectivity index (χ3n) is 19.3. The number of benzene rings is 10. The molecule has 0 atom stereocenters. The van der Waals surface area contributed by atoms with Crippen molar-refractivity contribution in [2.45, 2.75) is 142 Å². The summed E-state index contributed by atoms with van der Waals surface area (Å²) in [5, 5.41) is 2.54. The highest BCUT2D eigenvalue weighted by Gasteiger charge is 2.43. The molecule has 11 aromatic rings. The van der Waals surface area contributed by atoms with Crippen LogP contribution in [0.3, 0.4) is 0 Å². The first-order valence-corrected chi connectivity index (χ1v) is 31.9. The molecule has 2 heterocycles. The molecule has 10 aromatic carbocycles. The summed E-state index contributed by atoms with van der Waals surface area (Å²) >= 11 is 0. The number of anilines is 3. The average Bonchev–Trinajstić information content (AvgIpc) is 2.76. The minimum Gasteiger partial charge on any atom is -0.310 e. The van der Waals surface area contributed by atoms with Crippen molar-refractivity contribution in [3.63, 3.8) is 0 Å². The van der Waals surface area contributed by atoms with E-state index in [4.69, 9.17) is 0 Å². The molecule has 13 rings (SSSR count). The number of aromatic nitrogens is 1. The number of aryl methyl sites for hydroxylation is 2. The van der Waals surface area contributed by atoms with Gasteiger partial charge in [0.05, 0.1) is 22.4 Å². The van der Waals surface area contributed by atoms with E-state index in [2.05, 4.69) is 269 Å². The number of nitrogens with zero attached hydrogens (tertiary/aromatic N) is 2. The second-order valence-corrected chi connectivity index (χ2v) is 25.3. The second kappa shape index (κ2) is 23.5. The van der Waals surface area contributed by atoms with Gasteiger partial charge >= 0.3 is 0 Å². The van der Waals surface area contributed by atoms with Gasteiger partial charge in [0.2, 0.25) is 0 Å². The molecule has 1 aliphatic heterocycles. The molecule has 0 fully saturated rings. The monoisotopic (exact) mass is 1090 g/mol. The molecular weight excluding hydrogens is 1010 g/mol. The molecular formula is C82H82N2. The van der Waals surface area contributed by atoms with Crippen molar-refractivity contribution in [3.8, 4) is 61.3 Å². The third-order valence-corrected chi connectivity index (χ3v) is 19.3. The van der Waals surface area contributed by atoms with Crippen molar-refractivity contribution in [2.24, 2.45) is 0 Å². The molecule has 0 N–H and O–H groups in total. The largest absolute Gasteiger partial charge is 0.310 e. The van der Waals surface area contributed by atoms with Gasteiger partial charge in [0.25, 0.3) is 0 Å². The standard InChI is InChI=1S/C82H82N2/c1-7-9-11-13-15-24-48-82(49-25-16-14-12-10-8-2)74-54-63(61-38-36-60(37-39-61)59-34-32-57(3)33-35-59)40-44-69(74)70-45-41-65(55-75(70)82)66-50-58(4)51-68(52-66)84-79-31-23-21-29-73(79)81(5,6)76-56-64(43-47-80(76)84)62-42-46-78-72(53-62)71-28-20-22-30-77(71)83(78)67-26-18-17-19-27-67/h17-23,26-47,50-56H,7-16,24-25,48-49H2,1-6H3. The minimum absolute atomic E-state index is 0.0712. The van der Waals surface area contributed by atoms with E-state index in [-0.39, 0.29) is 10.8 Å². The van der Waals surface area contributed by atoms with E-state index in [9.17, 15) is 0 Å². The van der Waals surface area contributed by atoms with Crippen molar-refractivity contribution in [1.29, 1.82) is 0 Å². The van der Waals surface area contributed by atoms with Crippen molar-refractivity contribution in [1.82, 2.24) is 4.57 Å². The fourth-order valence-electron chi connectivity index (χ4n) is 14.8. The van der Waals surface area contributed by atoms with Crippen LogP contribution >= 0.6 is 0 Å². The van der Waals surface area contributed by atoms with Gasteiger partial charge in [-0.1, -0.05) is 256 Å². The van der Waals surface area contributed by atoms with Gasteiger partial charge in [-0.25, -0.2) is 0 Å². The number of hydrogen-bond donors (Lipinski definition) is 0. The Morgan fingerprint density at radius 2 is 0.810 bits per heavy atom. The van der Waals surface area contributed by atoms with Gasteiger partial charge in [0, 0.05) is 33.0 Å². The summed E-state index contributed by atoms with van der Waals surface area (Å²) < 4.78 is 2.41. The van der Waals surface area contributed by atoms with Gasteiger partial charge in [-0.15, -0.1) is 0 Å². The number of hydrogen-bond acceptors (Lipinski definition) is 1. The van der Waals surface area contributed by atoms with E-state index in [0.29, 0.717) is 0 Å². The summed E-state index contributed by atoms with van der Waals surface area (Å²) in [7, 11) is 0. The molecule has 2 heteroatoms. The van der Waals surface area contributed by atoms with Crippen LogP contribution in [0.5, 0.6) is 0 Å². The maximum atomic E-state index is 2.65. The molecule has 0 amide bonds. The lowest BCUT2D eigenvalue weighted by Crippen LogP contribution is -2.30. The minimum atomic E-state index is -0.242. The Labute approximate surface area is 500 Å². The molecule has 0 saturated heterocycles. The summed E-state index contributed by atoms with van der Waals surface area (Å²) in [5.74, 6) is 0. The first-order valence-electron chi connectivity index (χ1n) is 31.9. The normalized spacial score (nSPS) is 13.7. The van der Waals surface area contributed by atoms with E-state index in [1.807, 2.05) is 0 Å². The maximum absolute atomic E-state index is 2.65. The highest BCUT2D eigenvalue weighted by Crippen LogP contribution is 2.57. The van der Waals surface area contributed by atoms with Crippen LogP contribution in [0.4, 0.5) is 17.1 Å². The molecule has 0 radical (unpaired) electrons. The van der Waals surface area contributed by atoms with Crippen LogP contribution in [-0.4, -0.2) is 4.57 Å². The molecule has 2 aliphatic rings. The van der Waals surface area contributed by atoms with Crippen LogP contribution in [-0.2, 0) is 10.8 Å². The molecule has 2 nitrogen and oxygen atoms in total. The third kappa shape index (κ3) is 10.2. The predicted molar refractivity (Wildman–Crippen MR) is 361 cm³/mol. The average molecular weight is 1100 g/mol. The summed E-state index contributed by atoms with van der Waals surface area (Å²) in [6.45, 7) is 14.0. The number of rotatable bonds is 20. The predicted octanol–water partition coefficient (Wildman–Crippen LogP) is 23.9. The Morgan fingerprint density at radius 1 is 0.321 bits per heavy atom.